The highest BCUT2D eigenvalue weighted by Crippen LogP contribution is 2.38. The van der Waals surface area contributed by atoms with Crippen LogP contribution in [0.1, 0.15) is 65.1 Å². The number of aliphatic carboxylic acids is 1. The van der Waals surface area contributed by atoms with Crippen molar-refractivity contribution in [1.82, 2.24) is 14.8 Å². The van der Waals surface area contributed by atoms with Crippen molar-refractivity contribution >= 4 is 28.6 Å². The smallest absolute Gasteiger partial charge is 0.321 e. The predicted molar refractivity (Wildman–Crippen MR) is 153 cm³/mol. The lowest BCUT2D eigenvalue weighted by Gasteiger charge is -2.34. The lowest BCUT2D eigenvalue weighted by atomic mass is 9.87. The topological polar surface area (TPSA) is 56.7 Å². The Bertz CT molecular complexity index is 1170. The molecular weight excluding hydrogens is 498 g/mol. The second kappa shape index (κ2) is 11.8. The van der Waals surface area contributed by atoms with Crippen molar-refractivity contribution in [1.29, 1.82) is 0 Å². The Labute approximate surface area is 229 Å². The highest BCUT2D eigenvalue weighted by atomic mass is 32.1. The van der Waals surface area contributed by atoms with Crippen molar-refractivity contribution in [3.05, 3.63) is 73.9 Å². The largest absolute Gasteiger partial charge is 0.480 e. The average Bonchev–Trinajstić information content (AvgIpc) is 3.62. The number of carboxylic acids is 1. The van der Waals surface area contributed by atoms with Gasteiger partial charge in [0.2, 0.25) is 0 Å². The SMILES string of the molecule is Cc1cccc([C@H]2CN([C@@H](C(=O)O)C(C)C)C[C@@H]2CN2CCC(c3cnc(Cc4ccsc4)s3)CC2)c1. The van der Waals surface area contributed by atoms with E-state index < -0.39 is 12.0 Å². The van der Waals surface area contributed by atoms with Crippen molar-refractivity contribution in [2.24, 2.45) is 11.8 Å². The highest BCUT2D eigenvalue weighted by molar-refractivity contribution is 7.11. The van der Waals surface area contributed by atoms with Crippen LogP contribution in [0, 0.1) is 18.8 Å². The van der Waals surface area contributed by atoms with E-state index in [0.717, 1.165) is 39.1 Å². The molecule has 198 valence electrons. The first-order valence-electron chi connectivity index (χ1n) is 13.6. The van der Waals surface area contributed by atoms with Gasteiger partial charge >= 0.3 is 5.97 Å². The molecule has 5 nitrogen and oxygen atoms in total. The number of hydrogen-bond acceptors (Lipinski definition) is 6. The Hall–Kier alpha value is -2.06. The first kappa shape index (κ1) is 26.5. The van der Waals surface area contributed by atoms with Gasteiger partial charge in [0.05, 0.1) is 5.01 Å². The fraction of sp³-hybridized carbons (Fsp3) is 0.533. The molecule has 2 aliphatic heterocycles. The fourth-order valence-corrected chi connectivity index (χ4v) is 8.15. The van der Waals surface area contributed by atoms with E-state index in [1.807, 2.05) is 25.2 Å². The van der Waals surface area contributed by atoms with Gasteiger partial charge in [0, 0.05) is 43.0 Å². The summed E-state index contributed by atoms with van der Waals surface area (Å²) in [6.07, 6.45) is 5.41. The minimum absolute atomic E-state index is 0.0918. The molecule has 0 bridgehead atoms. The van der Waals surface area contributed by atoms with Crippen molar-refractivity contribution < 1.29 is 9.90 Å². The summed E-state index contributed by atoms with van der Waals surface area (Å²) in [4.78, 5) is 23.2. The quantitative estimate of drug-likeness (QED) is 0.357. The second-order valence-corrected chi connectivity index (χ2v) is 13.2. The van der Waals surface area contributed by atoms with Crippen molar-refractivity contribution in [2.45, 2.75) is 57.9 Å². The van der Waals surface area contributed by atoms with Gasteiger partial charge in [-0.1, -0.05) is 43.7 Å². The van der Waals surface area contributed by atoms with Crippen LogP contribution in [0.25, 0.3) is 0 Å². The molecule has 0 unspecified atom stereocenters. The number of rotatable bonds is 9. The number of piperidine rings is 1. The van der Waals surface area contributed by atoms with Gasteiger partial charge in [-0.3, -0.25) is 9.69 Å². The molecule has 1 aromatic carbocycles. The van der Waals surface area contributed by atoms with Crippen LogP contribution >= 0.6 is 22.7 Å². The normalized spacial score (nSPS) is 22.6. The number of aromatic nitrogens is 1. The Balaban J connectivity index is 1.23. The Morgan fingerprint density at radius 1 is 1.19 bits per heavy atom. The summed E-state index contributed by atoms with van der Waals surface area (Å²) in [5, 5.41) is 15.5. The third kappa shape index (κ3) is 6.33. The van der Waals surface area contributed by atoms with Crippen LogP contribution in [-0.2, 0) is 11.2 Å². The Morgan fingerprint density at radius 2 is 2.00 bits per heavy atom. The number of carboxylic acid groups (broad SMARTS) is 1. The van der Waals surface area contributed by atoms with Crippen LogP contribution in [0.2, 0.25) is 0 Å². The van der Waals surface area contributed by atoms with Gasteiger partial charge in [-0.2, -0.15) is 11.3 Å². The van der Waals surface area contributed by atoms with E-state index in [9.17, 15) is 9.90 Å². The van der Waals surface area contributed by atoms with Gasteiger partial charge in [0.1, 0.15) is 6.04 Å². The predicted octanol–water partition coefficient (Wildman–Crippen LogP) is 6.11. The second-order valence-electron chi connectivity index (χ2n) is 11.3. The van der Waals surface area contributed by atoms with Gasteiger partial charge < -0.3 is 10.0 Å². The third-order valence-corrected chi connectivity index (χ3v) is 10.1. The van der Waals surface area contributed by atoms with E-state index in [2.05, 4.69) is 64.0 Å². The number of nitrogens with zero attached hydrogens (tertiary/aromatic N) is 3. The molecule has 0 spiro atoms. The minimum atomic E-state index is -0.692. The first-order valence-corrected chi connectivity index (χ1v) is 15.3. The molecule has 0 radical (unpaired) electrons. The van der Waals surface area contributed by atoms with Gasteiger partial charge in [0.25, 0.3) is 0 Å². The molecular formula is C30H39N3O2S2. The molecule has 2 fully saturated rings. The van der Waals surface area contributed by atoms with Crippen LogP contribution < -0.4 is 0 Å². The molecule has 2 aliphatic rings. The van der Waals surface area contributed by atoms with Crippen LogP contribution in [0.3, 0.4) is 0 Å². The van der Waals surface area contributed by atoms with E-state index in [-0.39, 0.29) is 5.92 Å². The van der Waals surface area contributed by atoms with Crippen molar-refractivity contribution in [3.8, 4) is 0 Å². The molecule has 0 aliphatic carbocycles. The lowest BCUT2D eigenvalue weighted by molar-refractivity contribution is -0.144. The maximum atomic E-state index is 12.1. The molecule has 0 amide bonds. The van der Waals surface area contributed by atoms with Gasteiger partial charge in [-0.15, -0.1) is 11.3 Å². The number of aryl methyl sites for hydroxylation is 1. The minimum Gasteiger partial charge on any atom is -0.480 e. The van der Waals surface area contributed by atoms with Crippen LogP contribution in [0.15, 0.2) is 47.3 Å². The number of thiazole rings is 1. The average molecular weight is 538 g/mol. The van der Waals surface area contributed by atoms with Crippen LogP contribution in [-0.4, -0.2) is 64.6 Å². The zero-order valence-corrected chi connectivity index (χ0v) is 23.8. The van der Waals surface area contributed by atoms with E-state index in [0.29, 0.717) is 17.8 Å². The highest BCUT2D eigenvalue weighted by Gasteiger charge is 2.41. The molecule has 2 aromatic heterocycles. The summed E-state index contributed by atoms with van der Waals surface area (Å²) in [6.45, 7) is 11.1. The maximum Gasteiger partial charge on any atom is 0.321 e. The van der Waals surface area contributed by atoms with Gasteiger partial charge in [0.15, 0.2) is 0 Å². The molecule has 3 aromatic rings. The molecule has 1 N–H and O–H groups in total. The number of carbonyl (C=O) groups is 1. The Morgan fingerprint density at radius 3 is 2.68 bits per heavy atom. The molecule has 0 saturated carbocycles. The molecule has 7 heteroatoms. The molecule has 37 heavy (non-hydrogen) atoms. The van der Waals surface area contributed by atoms with Crippen molar-refractivity contribution in [2.75, 3.05) is 32.7 Å². The number of hydrogen-bond donors (Lipinski definition) is 1. The Kier molecular flexibility index (Phi) is 8.44. The summed E-state index contributed by atoms with van der Waals surface area (Å²) in [5.41, 5.74) is 3.99. The summed E-state index contributed by atoms with van der Waals surface area (Å²) in [7, 11) is 0. The molecule has 2 saturated heterocycles. The zero-order chi connectivity index (χ0) is 25.9. The standard InChI is InChI=1S/C30H39N3O2S2/c1-20(2)29(30(34)35)33-17-25(26(18-33)24-6-4-5-21(3)13-24)16-32-10-7-23(8-11-32)27-15-31-28(37-27)14-22-9-12-36-19-22/h4-6,9,12-13,15,19-20,23,25-26,29H,7-8,10-11,14,16-18H2,1-3H3,(H,34,35)/t25-,26+,29+/m0/s1. The first-order chi connectivity index (χ1) is 17.9. The zero-order valence-electron chi connectivity index (χ0n) is 22.2. The lowest BCUT2D eigenvalue weighted by Crippen LogP contribution is -2.44. The number of thiophene rings is 1. The summed E-state index contributed by atoms with van der Waals surface area (Å²) < 4.78 is 0. The fourth-order valence-electron chi connectivity index (χ4n) is 6.35. The van der Waals surface area contributed by atoms with Gasteiger partial charge in [-0.05, 0) is 78.6 Å². The van der Waals surface area contributed by atoms with Crippen LogP contribution in [0.5, 0.6) is 0 Å². The summed E-state index contributed by atoms with van der Waals surface area (Å²) >= 11 is 3.64. The van der Waals surface area contributed by atoms with E-state index in [1.165, 1.54) is 39.4 Å². The monoisotopic (exact) mass is 537 g/mol. The number of benzene rings is 1. The van der Waals surface area contributed by atoms with Crippen molar-refractivity contribution in [3.63, 3.8) is 0 Å². The molecule has 3 atom stereocenters. The van der Waals surface area contributed by atoms with E-state index in [1.54, 1.807) is 11.3 Å². The van der Waals surface area contributed by atoms with Gasteiger partial charge in [-0.25, -0.2) is 4.98 Å². The third-order valence-electron chi connectivity index (χ3n) is 8.21. The summed E-state index contributed by atoms with van der Waals surface area (Å²) in [5.74, 6) is 0.825. The molecule has 4 heterocycles. The van der Waals surface area contributed by atoms with E-state index >= 15 is 0 Å². The maximum absolute atomic E-state index is 12.1. The number of likely N-dealkylation sites (tertiary alicyclic amines) is 2. The van der Waals surface area contributed by atoms with Crippen LogP contribution in [0.4, 0.5) is 0 Å². The molecule has 5 rings (SSSR count). The summed E-state index contributed by atoms with van der Waals surface area (Å²) in [6, 6.07) is 10.6. The van der Waals surface area contributed by atoms with E-state index in [4.69, 9.17) is 4.98 Å².